The second-order valence-electron chi connectivity index (χ2n) is 4.51. The van der Waals surface area contributed by atoms with Crippen LogP contribution in [-0.4, -0.2) is 6.54 Å². The van der Waals surface area contributed by atoms with E-state index >= 15 is 0 Å². The molecule has 1 aromatic rings. The minimum absolute atomic E-state index is 0.322. The van der Waals surface area contributed by atoms with Crippen molar-refractivity contribution in [2.75, 3.05) is 6.54 Å². The molecule has 0 radical (unpaired) electrons. The summed E-state index contributed by atoms with van der Waals surface area (Å²) >= 11 is 1.82. The molecule has 1 aromatic heterocycles. The highest BCUT2D eigenvalue weighted by Crippen LogP contribution is 2.41. The Morgan fingerprint density at radius 2 is 2.00 bits per heavy atom. The van der Waals surface area contributed by atoms with Gasteiger partial charge in [-0.2, -0.15) is 11.3 Å². The Morgan fingerprint density at radius 1 is 1.29 bits per heavy atom. The summed E-state index contributed by atoms with van der Waals surface area (Å²) in [5.41, 5.74) is 9.30. The van der Waals surface area contributed by atoms with E-state index in [-0.39, 0.29) is 0 Å². The SMILES string of the molecule is Cc1cscc1C1(CN)CCCCC1. The van der Waals surface area contributed by atoms with Gasteiger partial charge in [0.25, 0.3) is 0 Å². The second kappa shape index (κ2) is 4.03. The lowest BCUT2D eigenvalue weighted by molar-refractivity contribution is 0.300. The number of nitrogens with two attached hydrogens (primary N) is 1. The first-order valence-electron chi connectivity index (χ1n) is 5.52. The van der Waals surface area contributed by atoms with Crippen molar-refractivity contribution in [2.45, 2.75) is 44.4 Å². The van der Waals surface area contributed by atoms with Gasteiger partial charge >= 0.3 is 0 Å². The number of hydrogen-bond donors (Lipinski definition) is 1. The first-order chi connectivity index (χ1) is 6.78. The van der Waals surface area contributed by atoms with Gasteiger partial charge in [0.1, 0.15) is 0 Å². The highest BCUT2D eigenvalue weighted by atomic mass is 32.1. The zero-order chi connectivity index (χ0) is 10.0. The molecule has 1 heterocycles. The van der Waals surface area contributed by atoms with Crippen molar-refractivity contribution in [3.8, 4) is 0 Å². The maximum Gasteiger partial charge on any atom is 0.00864 e. The van der Waals surface area contributed by atoms with Gasteiger partial charge in [0.2, 0.25) is 0 Å². The molecule has 0 aliphatic heterocycles. The predicted molar refractivity (Wildman–Crippen MR) is 62.9 cm³/mol. The summed E-state index contributed by atoms with van der Waals surface area (Å²) in [6, 6.07) is 0. The van der Waals surface area contributed by atoms with E-state index in [0.717, 1.165) is 6.54 Å². The third-order valence-corrected chi connectivity index (χ3v) is 4.49. The third-order valence-electron chi connectivity index (χ3n) is 3.63. The van der Waals surface area contributed by atoms with E-state index in [9.17, 15) is 0 Å². The van der Waals surface area contributed by atoms with Crippen LogP contribution in [0.4, 0.5) is 0 Å². The van der Waals surface area contributed by atoms with Gasteiger partial charge in [0, 0.05) is 12.0 Å². The first kappa shape index (κ1) is 10.2. The van der Waals surface area contributed by atoms with Gasteiger partial charge in [-0.15, -0.1) is 0 Å². The van der Waals surface area contributed by atoms with E-state index in [1.165, 1.54) is 43.2 Å². The van der Waals surface area contributed by atoms with Crippen LogP contribution in [0.3, 0.4) is 0 Å². The lowest BCUT2D eigenvalue weighted by atomic mass is 9.69. The second-order valence-corrected chi connectivity index (χ2v) is 5.26. The molecule has 2 N–H and O–H groups in total. The summed E-state index contributed by atoms with van der Waals surface area (Å²) in [5, 5.41) is 4.56. The van der Waals surface area contributed by atoms with Gasteiger partial charge < -0.3 is 5.73 Å². The third kappa shape index (κ3) is 1.61. The van der Waals surface area contributed by atoms with Crippen molar-refractivity contribution < 1.29 is 0 Å². The zero-order valence-corrected chi connectivity index (χ0v) is 9.70. The Balaban J connectivity index is 2.31. The Labute approximate surface area is 90.3 Å². The monoisotopic (exact) mass is 209 g/mol. The topological polar surface area (TPSA) is 26.0 Å². The van der Waals surface area contributed by atoms with E-state index in [1.807, 2.05) is 11.3 Å². The van der Waals surface area contributed by atoms with Crippen LogP contribution in [-0.2, 0) is 5.41 Å². The van der Waals surface area contributed by atoms with E-state index in [4.69, 9.17) is 5.73 Å². The zero-order valence-electron chi connectivity index (χ0n) is 8.88. The molecule has 14 heavy (non-hydrogen) atoms. The molecule has 2 rings (SSSR count). The van der Waals surface area contributed by atoms with E-state index in [1.54, 1.807) is 0 Å². The summed E-state index contributed by atoms with van der Waals surface area (Å²) in [6.45, 7) is 3.04. The smallest absolute Gasteiger partial charge is 0.00864 e. The van der Waals surface area contributed by atoms with Crippen LogP contribution in [0.5, 0.6) is 0 Å². The maximum absolute atomic E-state index is 6.00. The highest BCUT2D eigenvalue weighted by Gasteiger charge is 2.33. The van der Waals surface area contributed by atoms with Crippen LogP contribution in [0.2, 0.25) is 0 Å². The fourth-order valence-corrected chi connectivity index (χ4v) is 3.69. The molecule has 0 saturated heterocycles. The molecule has 0 aromatic carbocycles. The number of rotatable bonds is 2. The summed E-state index contributed by atoms with van der Waals surface area (Å²) in [4.78, 5) is 0. The Bertz CT molecular complexity index is 297. The number of hydrogen-bond acceptors (Lipinski definition) is 2. The Kier molecular flexibility index (Phi) is 2.93. The van der Waals surface area contributed by atoms with Crippen LogP contribution in [0.25, 0.3) is 0 Å². The van der Waals surface area contributed by atoms with Crippen molar-refractivity contribution in [3.05, 3.63) is 21.9 Å². The molecule has 1 fully saturated rings. The molecular weight excluding hydrogens is 190 g/mol. The standard InChI is InChI=1S/C12H19NS/c1-10-7-14-8-11(10)12(9-13)5-3-2-4-6-12/h7-8H,2-6,9,13H2,1H3. The Hall–Kier alpha value is -0.340. The largest absolute Gasteiger partial charge is 0.330 e. The quantitative estimate of drug-likeness (QED) is 0.795. The Morgan fingerprint density at radius 3 is 2.50 bits per heavy atom. The number of aryl methyl sites for hydroxylation is 1. The van der Waals surface area contributed by atoms with Gasteiger partial charge in [0.05, 0.1) is 0 Å². The van der Waals surface area contributed by atoms with Gasteiger partial charge in [0.15, 0.2) is 0 Å². The molecule has 0 atom stereocenters. The van der Waals surface area contributed by atoms with Gasteiger partial charge in [-0.25, -0.2) is 0 Å². The number of thiophene rings is 1. The molecule has 1 nitrogen and oxygen atoms in total. The molecule has 1 aliphatic rings. The average molecular weight is 209 g/mol. The summed E-state index contributed by atoms with van der Waals surface area (Å²) in [7, 11) is 0. The van der Waals surface area contributed by atoms with Crippen LogP contribution < -0.4 is 5.73 Å². The summed E-state index contributed by atoms with van der Waals surface area (Å²) < 4.78 is 0. The van der Waals surface area contributed by atoms with Crippen LogP contribution >= 0.6 is 11.3 Å². The molecule has 1 saturated carbocycles. The van der Waals surface area contributed by atoms with Crippen molar-refractivity contribution in [3.63, 3.8) is 0 Å². The van der Waals surface area contributed by atoms with Gasteiger partial charge in [-0.1, -0.05) is 19.3 Å². The van der Waals surface area contributed by atoms with E-state index in [2.05, 4.69) is 17.7 Å². The van der Waals surface area contributed by atoms with Crippen LogP contribution in [0.1, 0.15) is 43.2 Å². The maximum atomic E-state index is 6.00. The molecular formula is C12H19NS. The lowest BCUT2D eigenvalue weighted by Crippen LogP contribution is -2.37. The molecule has 0 spiro atoms. The van der Waals surface area contributed by atoms with Crippen molar-refractivity contribution >= 4 is 11.3 Å². The van der Waals surface area contributed by atoms with Gasteiger partial charge in [-0.05, 0) is 41.7 Å². The molecule has 2 heteroatoms. The molecule has 78 valence electrons. The minimum atomic E-state index is 0.322. The van der Waals surface area contributed by atoms with Crippen molar-refractivity contribution in [1.82, 2.24) is 0 Å². The van der Waals surface area contributed by atoms with Crippen LogP contribution in [0.15, 0.2) is 10.8 Å². The summed E-state index contributed by atoms with van der Waals surface area (Å²) in [5.74, 6) is 0. The summed E-state index contributed by atoms with van der Waals surface area (Å²) in [6.07, 6.45) is 6.69. The van der Waals surface area contributed by atoms with Crippen LogP contribution in [0, 0.1) is 6.92 Å². The fraction of sp³-hybridized carbons (Fsp3) is 0.667. The van der Waals surface area contributed by atoms with Crippen molar-refractivity contribution in [1.29, 1.82) is 0 Å². The minimum Gasteiger partial charge on any atom is -0.330 e. The first-order valence-corrected chi connectivity index (χ1v) is 6.46. The molecule has 0 unspecified atom stereocenters. The fourth-order valence-electron chi connectivity index (χ4n) is 2.72. The predicted octanol–water partition coefficient (Wildman–Crippen LogP) is 3.22. The molecule has 1 aliphatic carbocycles. The lowest BCUT2D eigenvalue weighted by Gasteiger charge is -2.36. The van der Waals surface area contributed by atoms with Gasteiger partial charge in [-0.3, -0.25) is 0 Å². The molecule has 0 bridgehead atoms. The van der Waals surface area contributed by atoms with E-state index in [0.29, 0.717) is 5.41 Å². The average Bonchev–Trinajstić information content (AvgIpc) is 2.66. The molecule has 0 amide bonds. The highest BCUT2D eigenvalue weighted by molar-refractivity contribution is 7.08. The van der Waals surface area contributed by atoms with E-state index < -0.39 is 0 Å². The van der Waals surface area contributed by atoms with Crippen molar-refractivity contribution in [2.24, 2.45) is 5.73 Å². The normalized spacial score (nSPS) is 21.0.